The first-order valence-electron chi connectivity index (χ1n) is 10.5. The van der Waals surface area contributed by atoms with Gasteiger partial charge in [0.1, 0.15) is 5.75 Å². The molecule has 1 fully saturated rings. The highest BCUT2D eigenvalue weighted by molar-refractivity contribution is 6.10. The molecule has 0 bridgehead atoms. The van der Waals surface area contributed by atoms with Crippen LogP contribution in [0.3, 0.4) is 0 Å². The van der Waals surface area contributed by atoms with E-state index in [1.165, 1.54) is 6.42 Å². The fourth-order valence-corrected chi connectivity index (χ4v) is 3.53. The molecule has 0 spiro atoms. The SMILES string of the molecule is CC(C)COc1ccccc1C(=O)Nc1ccccc1C(=O)NC1CCCCC1. The molecule has 154 valence electrons. The number of benzene rings is 2. The molecule has 1 aliphatic carbocycles. The van der Waals surface area contributed by atoms with E-state index < -0.39 is 0 Å². The number of carbonyl (C=O) groups excluding carboxylic acids is 2. The Morgan fingerprint density at radius 3 is 2.31 bits per heavy atom. The van der Waals surface area contributed by atoms with Crippen LogP contribution in [0.25, 0.3) is 0 Å². The van der Waals surface area contributed by atoms with Gasteiger partial charge in [0.2, 0.25) is 0 Å². The Hall–Kier alpha value is -2.82. The van der Waals surface area contributed by atoms with Crippen molar-refractivity contribution in [1.29, 1.82) is 0 Å². The molecule has 1 saturated carbocycles. The second-order valence-corrected chi connectivity index (χ2v) is 8.01. The van der Waals surface area contributed by atoms with Crippen LogP contribution >= 0.6 is 0 Å². The normalized spacial score (nSPS) is 14.4. The summed E-state index contributed by atoms with van der Waals surface area (Å²) in [6.45, 7) is 4.65. The third-order valence-electron chi connectivity index (χ3n) is 5.06. The molecule has 2 aromatic rings. The van der Waals surface area contributed by atoms with Crippen LogP contribution in [0.4, 0.5) is 5.69 Å². The average Bonchev–Trinajstić information content (AvgIpc) is 2.73. The van der Waals surface area contributed by atoms with E-state index in [1.54, 1.807) is 30.3 Å². The summed E-state index contributed by atoms with van der Waals surface area (Å²) < 4.78 is 5.80. The van der Waals surface area contributed by atoms with Gasteiger partial charge in [-0.1, -0.05) is 57.4 Å². The summed E-state index contributed by atoms with van der Waals surface area (Å²) in [5.41, 5.74) is 1.44. The molecule has 5 nitrogen and oxygen atoms in total. The first-order chi connectivity index (χ1) is 14.0. The molecule has 1 aliphatic rings. The monoisotopic (exact) mass is 394 g/mol. The number of hydrogen-bond donors (Lipinski definition) is 2. The molecule has 0 atom stereocenters. The molecule has 0 saturated heterocycles. The van der Waals surface area contributed by atoms with E-state index in [1.807, 2.05) is 18.2 Å². The van der Waals surface area contributed by atoms with Gasteiger partial charge in [-0.25, -0.2) is 0 Å². The van der Waals surface area contributed by atoms with Crippen molar-refractivity contribution >= 4 is 17.5 Å². The lowest BCUT2D eigenvalue weighted by molar-refractivity contribution is 0.0928. The Balaban J connectivity index is 1.74. The van der Waals surface area contributed by atoms with Crippen LogP contribution in [-0.4, -0.2) is 24.5 Å². The summed E-state index contributed by atoms with van der Waals surface area (Å²) in [7, 11) is 0. The van der Waals surface area contributed by atoms with Gasteiger partial charge in [0.25, 0.3) is 11.8 Å². The molecule has 0 aromatic heterocycles. The van der Waals surface area contributed by atoms with Crippen LogP contribution in [0.2, 0.25) is 0 Å². The van der Waals surface area contributed by atoms with Crippen LogP contribution in [0.15, 0.2) is 48.5 Å². The molecule has 2 amide bonds. The van der Waals surface area contributed by atoms with E-state index in [9.17, 15) is 9.59 Å². The Morgan fingerprint density at radius 2 is 1.59 bits per heavy atom. The van der Waals surface area contributed by atoms with Gasteiger partial charge in [-0.2, -0.15) is 0 Å². The minimum Gasteiger partial charge on any atom is -0.492 e. The zero-order valence-corrected chi connectivity index (χ0v) is 17.2. The molecule has 29 heavy (non-hydrogen) atoms. The zero-order chi connectivity index (χ0) is 20.6. The number of hydrogen-bond acceptors (Lipinski definition) is 3. The Labute approximate surface area is 172 Å². The minimum absolute atomic E-state index is 0.142. The second kappa shape index (κ2) is 10.1. The Kier molecular flexibility index (Phi) is 7.28. The number of para-hydroxylation sites is 2. The lowest BCUT2D eigenvalue weighted by Gasteiger charge is -2.23. The van der Waals surface area contributed by atoms with Gasteiger partial charge in [-0.05, 0) is 43.0 Å². The summed E-state index contributed by atoms with van der Waals surface area (Å²) in [6.07, 6.45) is 5.56. The molecular weight excluding hydrogens is 364 g/mol. The van der Waals surface area contributed by atoms with Gasteiger partial charge < -0.3 is 15.4 Å². The van der Waals surface area contributed by atoms with Crippen molar-refractivity contribution in [2.75, 3.05) is 11.9 Å². The quantitative estimate of drug-likeness (QED) is 0.692. The first-order valence-corrected chi connectivity index (χ1v) is 10.5. The zero-order valence-electron chi connectivity index (χ0n) is 17.2. The molecule has 0 heterocycles. The van der Waals surface area contributed by atoms with E-state index >= 15 is 0 Å². The molecule has 0 unspecified atom stereocenters. The number of rotatable bonds is 7. The maximum Gasteiger partial charge on any atom is 0.259 e. The van der Waals surface area contributed by atoms with Crippen LogP contribution < -0.4 is 15.4 Å². The number of carbonyl (C=O) groups is 2. The summed E-state index contributed by atoms with van der Waals surface area (Å²) >= 11 is 0. The van der Waals surface area contributed by atoms with Gasteiger partial charge in [0.05, 0.1) is 23.4 Å². The van der Waals surface area contributed by atoms with Crippen molar-refractivity contribution in [2.45, 2.75) is 52.0 Å². The van der Waals surface area contributed by atoms with Crippen molar-refractivity contribution in [3.63, 3.8) is 0 Å². The molecule has 2 N–H and O–H groups in total. The van der Waals surface area contributed by atoms with E-state index in [4.69, 9.17) is 4.74 Å². The summed E-state index contributed by atoms with van der Waals surface area (Å²) in [4.78, 5) is 25.7. The lowest BCUT2D eigenvalue weighted by Crippen LogP contribution is -2.36. The number of anilines is 1. The largest absolute Gasteiger partial charge is 0.492 e. The van der Waals surface area contributed by atoms with Crippen LogP contribution in [0.5, 0.6) is 5.75 Å². The van der Waals surface area contributed by atoms with Gasteiger partial charge >= 0.3 is 0 Å². The van der Waals surface area contributed by atoms with Crippen LogP contribution in [-0.2, 0) is 0 Å². The van der Waals surface area contributed by atoms with E-state index in [0.29, 0.717) is 35.1 Å². The van der Waals surface area contributed by atoms with Crippen LogP contribution in [0, 0.1) is 5.92 Å². The van der Waals surface area contributed by atoms with Crippen LogP contribution in [0.1, 0.15) is 66.7 Å². The average molecular weight is 395 g/mol. The standard InChI is InChI=1S/C24H30N2O3/c1-17(2)16-29-22-15-9-7-13-20(22)24(28)26-21-14-8-6-12-19(21)23(27)25-18-10-4-3-5-11-18/h6-9,12-15,17-18H,3-5,10-11,16H2,1-2H3,(H,25,27)(H,26,28). The highest BCUT2D eigenvalue weighted by Crippen LogP contribution is 2.23. The highest BCUT2D eigenvalue weighted by Gasteiger charge is 2.20. The molecular formula is C24H30N2O3. The number of amides is 2. The molecule has 2 aromatic carbocycles. The fourth-order valence-electron chi connectivity index (χ4n) is 3.53. The fraction of sp³-hybridized carbons (Fsp3) is 0.417. The maximum atomic E-state index is 12.9. The first kappa shape index (κ1) is 20.9. The number of ether oxygens (including phenoxy) is 1. The van der Waals surface area contributed by atoms with Crippen molar-refractivity contribution in [2.24, 2.45) is 5.92 Å². The highest BCUT2D eigenvalue weighted by atomic mass is 16.5. The van der Waals surface area contributed by atoms with E-state index in [2.05, 4.69) is 24.5 Å². The van der Waals surface area contributed by atoms with Crippen molar-refractivity contribution in [3.05, 3.63) is 59.7 Å². The predicted octanol–water partition coefficient (Wildman–Crippen LogP) is 5.04. The molecule has 0 radical (unpaired) electrons. The van der Waals surface area contributed by atoms with Crippen molar-refractivity contribution in [1.82, 2.24) is 5.32 Å². The minimum atomic E-state index is -0.290. The topological polar surface area (TPSA) is 67.4 Å². The van der Waals surface area contributed by atoms with E-state index in [0.717, 1.165) is 25.7 Å². The third kappa shape index (κ3) is 5.83. The predicted molar refractivity (Wildman–Crippen MR) is 116 cm³/mol. The molecule has 3 rings (SSSR count). The summed E-state index contributed by atoms with van der Waals surface area (Å²) in [5.74, 6) is 0.470. The smallest absolute Gasteiger partial charge is 0.259 e. The van der Waals surface area contributed by atoms with Gasteiger partial charge in [-0.3, -0.25) is 9.59 Å². The molecule has 0 aliphatic heterocycles. The lowest BCUT2D eigenvalue weighted by atomic mass is 9.95. The van der Waals surface area contributed by atoms with Crippen molar-refractivity contribution < 1.29 is 14.3 Å². The van der Waals surface area contributed by atoms with Crippen molar-refractivity contribution in [3.8, 4) is 5.75 Å². The Bertz CT molecular complexity index is 842. The third-order valence-corrected chi connectivity index (χ3v) is 5.06. The van der Waals surface area contributed by atoms with Gasteiger partial charge in [-0.15, -0.1) is 0 Å². The maximum absolute atomic E-state index is 12.9. The number of nitrogens with one attached hydrogen (secondary N) is 2. The van der Waals surface area contributed by atoms with E-state index in [-0.39, 0.29) is 17.9 Å². The Morgan fingerprint density at radius 1 is 0.931 bits per heavy atom. The van der Waals surface area contributed by atoms with Gasteiger partial charge in [0, 0.05) is 6.04 Å². The summed E-state index contributed by atoms with van der Waals surface area (Å²) in [6, 6.07) is 14.5. The second-order valence-electron chi connectivity index (χ2n) is 8.01. The molecule has 5 heteroatoms. The summed E-state index contributed by atoms with van der Waals surface area (Å²) in [5, 5.41) is 6.01. The van der Waals surface area contributed by atoms with Gasteiger partial charge in [0.15, 0.2) is 0 Å².